The molecule has 0 aliphatic rings. The molecule has 0 fully saturated rings. The maximum atomic E-state index is 5.76. The van der Waals surface area contributed by atoms with Gasteiger partial charge in [0.25, 0.3) is 0 Å². The summed E-state index contributed by atoms with van der Waals surface area (Å²) in [6.45, 7) is 10.1. The molecule has 0 aromatic heterocycles. The second-order valence-corrected chi connectivity index (χ2v) is 5.48. The average Bonchev–Trinajstić information content (AvgIpc) is 2.47. The Labute approximate surface area is 138 Å². The van der Waals surface area contributed by atoms with Gasteiger partial charge in [-0.15, -0.1) is 0 Å². The predicted molar refractivity (Wildman–Crippen MR) is 94.9 cm³/mol. The van der Waals surface area contributed by atoms with Crippen molar-refractivity contribution in [3.8, 4) is 11.5 Å². The molecule has 0 unspecified atom stereocenters. The Morgan fingerprint density at radius 2 is 2.05 bits per heavy atom. The van der Waals surface area contributed by atoms with E-state index >= 15 is 0 Å². The first-order valence-electron chi connectivity index (χ1n) is 7.53. The highest BCUT2D eigenvalue weighted by Gasteiger charge is 2.07. The van der Waals surface area contributed by atoms with Crippen molar-refractivity contribution in [3.63, 3.8) is 0 Å². The highest BCUT2D eigenvalue weighted by atomic mass is 32.1. The van der Waals surface area contributed by atoms with E-state index in [1.54, 1.807) is 6.21 Å². The minimum atomic E-state index is 0.465. The normalized spacial score (nSPS) is 10.8. The Bertz CT molecular complexity index is 504. The molecule has 1 aromatic carbocycles. The van der Waals surface area contributed by atoms with Crippen LogP contribution in [0.4, 0.5) is 0 Å². The molecular formula is C16H25N3O2S. The number of hydrazone groups is 1. The number of hydrogen-bond acceptors (Lipinski definition) is 4. The summed E-state index contributed by atoms with van der Waals surface area (Å²) in [4.78, 5) is 0. The molecule has 5 nitrogen and oxygen atoms in total. The number of benzene rings is 1. The third-order valence-electron chi connectivity index (χ3n) is 2.56. The zero-order chi connectivity index (χ0) is 16.4. The van der Waals surface area contributed by atoms with E-state index in [0.29, 0.717) is 24.2 Å². The number of nitrogens with one attached hydrogen (secondary N) is 2. The zero-order valence-corrected chi connectivity index (χ0v) is 14.5. The van der Waals surface area contributed by atoms with Gasteiger partial charge in [0.15, 0.2) is 16.6 Å². The molecule has 0 aliphatic heterocycles. The standard InChI is InChI=1S/C16H25N3O2S/c1-5-17-16(22)19-18-10-13-7-8-14(21-11-12(3)4)15(9-13)20-6-2/h7-10,12H,5-6,11H2,1-4H3,(H2,17,19,22)/b18-10-. The average molecular weight is 323 g/mol. The molecule has 0 bridgehead atoms. The largest absolute Gasteiger partial charge is 0.490 e. The lowest BCUT2D eigenvalue weighted by Crippen LogP contribution is -2.31. The zero-order valence-electron chi connectivity index (χ0n) is 13.7. The molecule has 122 valence electrons. The molecule has 0 amide bonds. The maximum absolute atomic E-state index is 5.76. The van der Waals surface area contributed by atoms with Gasteiger partial charge in [-0.1, -0.05) is 13.8 Å². The molecule has 0 heterocycles. The van der Waals surface area contributed by atoms with Crippen LogP contribution in [0.25, 0.3) is 0 Å². The molecular weight excluding hydrogens is 298 g/mol. The van der Waals surface area contributed by atoms with E-state index in [0.717, 1.165) is 23.6 Å². The molecule has 0 saturated heterocycles. The highest BCUT2D eigenvalue weighted by molar-refractivity contribution is 7.80. The van der Waals surface area contributed by atoms with Gasteiger partial charge < -0.3 is 14.8 Å². The first kappa shape index (κ1) is 18.2. The number of hydrogen-bond donors (Lipinski definition) is 2. The summed E-state index contributed by atoms with van der Waals surface area (Å²) in [6.07, 6.45) is 1.69. The van der Waals surface area contributed by atoms with Gasteiger partial charge in [-0.05, 0) is 55.7 Å². The summed E-state index contributed by atoms with van der Waals surface area (Å²) >= 11 is 5.03. The lowest BCUT2D eigenvalue weighted by atomic mass is 10.2. The number of ether oxygens (including phenoxy) is 2. The molecule has 0 spiro atoms. The van der Waals surface area contributed by atoms with Gasteiger partial charge in [0.05, 0.1) is 19.4 Å². The van der Waals surface area contributed by atoms with Crippen molar-refractivity contribution < 1.29 is 9.47 Å². The molecule has 0 saturated carbocycles. The Kier molecular flexibility index (Phi) is 8.28. The first-order valence-corrected chi connectivity index (χ1v) is 7.94. The van der Waals surface area contributed by atoms with Gasteiger partial charge in [0.1, 0.15) is 0 Å². The Hall–Kier alpha value is -1.82. The number of thiocarbonyl (C=S) groups is 1. The van der Waals surface area contributed by atoms with Crippen LogP contribution in [-0.4, -0.2) is 31.1 Å². The van der Waals surface area contributed by atoms with Crippen molar-refractivity contribution in [2.24, 2.45) is 11.0 Å². The molecule has 0 radical (unpaired) electrons. The van der Waals surface area contributed by atoms with Crippen LogP contribution < -0.4 is 20.2 Å². The van der Waals surface area contributed by atoms with Crippen molar-refractivity contribution in [1.82, 2.24) is 10.7 Å². The summed E-state index contributed by atoms with van der Waals surface area (Å²) in [6, 6.07) is 5.73. The topological polar surface area (TPSA) is 54.9 Å². The van der Waals surface area contributed by atoms with E-state index in [2.05, 4.69) is 29.7 Å². The second kappa shape index (κ2) is 10.00. The molecule has 0 atom stereocenters. The van der Waals surface area contributed by atoms with Crippen molar-refractivity contribution in [2.45, 2.75) is 27.7 Å². The fourth-order valence-electron chi connectivity index (χ4n) is 1.61. The Balaban J connectivity index is 2.74. The van der Waals surface area contributed by atoms with Crippen molar-refractivity contribution >= 4 is 23.5 Å². The molecule has 2 N–H and O–H groups in total. The molecule has 22 heavy (non-hydrogen) atoms. The quantitative estimate of drug-likeness (QED) is 0.438. The van der Waals surface area contributed by atoms with E-state index < -0.39 is 0 Å². The second-order valence-electron chi connectivity index (χ2n) is 5.07. The molecule has 0 aliphatic carbocycles. The third kappa shape index (κ3) is 6.76. The lowest BCUT2D eigenvalue weighted by Gasteiger charge is -2.13. The van der Waals surface area contributed by atoms with E-state index in [-0.39, 0.29) is 0 Å². The van der Waals surface area contributed by atoms with Crippen LogP contribution >= 0.6 is 12.2 Å². The molecule has 1 rings (SSSR count). The highest BCUT2D eigenvalue weighted by Crippen LogP contribution is 2.28. The van der Waals surface area contributed by atoms with Crippen LogP contribution in [0, 0.1) is 5.92 Å². The fraction of sp³-hybridized carbons (Fsp3) is 0.500. The summed E-state index contributed by atoms with van der Waals surface area (Å²) in [5.74, 6) is 1.94. The summed E-state index contributed by atoms with van der Waals surface area (Å²) in [5, 5.41) is 7.55. The molecule has 6 heteroatoms. The van der Waals surface area contributed by atoms with Crippen LogP contribution in [0.15, 0.2) is 23.3 Å². The third-order valence-corrected chi connectivity index (χ3v) is 2.79. The van der Waals surface area contributed by atoms with Gasteiger partial charge in [-0.25, -0.2) is 0 Å². The predicted octanol–water partition coefficient (Wildman–Crippen LogP) is 2.94. The van der Waals surface area contributed by atoms with Crippen LogP contribution in [0.3, 0.4) is 0 Å². The van der Waals surface area contributed by atoms with Crippen LogP contribution in [0.2, 0.25) is 0 Å². The minimum Gasteiger partial charge on any atom is -0.490 e. The van der Waals surface area contributed by atoms with Crippen molar-refractivity contribution in [3.05, 3.63) is 23.8 Å². The Morgan fingerprint density at radius 1 is 1.27 bits per heavy atom. The maximum Gasteiger partial charge on any atom is 0.186 e. The van der Waals surface area contributed by atoms with E-state index in [1.807, 2.05) is 32.0 Å². The first-order chi connectivity index (χ1) is 10.6. The van der Waals surface area contributed by atoms with E-state index in [9.17, 15) is 0 Å². The monoisotopic (exact) mass is 323 g/mol. The van der Waals surface area contributed by atoms with Gasteiger partial charge in [0, 0.05) is 6.54 Å². The summed E-state index contributed by atoms with van der Waals surface area (Å²) in [7, 11) is 0. The fourth-order valence-corrected chi connectivity index (χ4v) is 1.81. The smallest absolute Gasteiger partial charge is 0.186 e. The van der Waals surface area contributed by atoms with Gasteiger partial charge in [0.2, 0.25) is 0 Å². The van der Waals surface area contributed by atoms with E-state index in [1.165, 1.54) is 0 Å². The lowest BCUT2D eigenvalue weighted by molar-refractivity contribution is 0.248. The number of rotatable bonds is 8. The van der Waals surface area contributed by atoms with Crippen molar-refractivity contribution in [2.75, 3.05) is 19.8 Å². The minimum absolute atomic E-state index is 0.465. The van der Waals surface area contributed by atoms with E-state index in [4.69, 9.17) is 21.7 Å². The summed E-state index contributed by atoms with van der Waals surface area (Å²) in [5.41, 5.74) is 3.67. The van der Waals surface area contributed by atoms with Crippen LogP contribution in [-0.2, 0) is 0 Å². The molecule has 1 aromatic rings. The van der Waals surface area contributed by atoms with Crippen LogP contribution in [0.1, 0.15) is 33.3 Å². The van der Waals surface area contributed by atoms with Crippen molar-refractivity contribution in [1.29, 1.82) is 0 Å². The number of nitrogens with zero attached hydrogens (tertiary/aromatic N) is 1. The van der Waals surface area contributed by atoms with Gasteiger partial charge in [-0.3, -0.25) is 5.43 Å². The Morgan fingerprint density at radius 3 is 2.68 bits per heavy atom. The summed E-state index contributed by atoms with van der Waals surface area (Å²) < 4.78 is 11.4. The van der Waals surface area contributed by atoms with Gasteiger partial charge >= 0.3 is 0 Å². The van der Waals surface area contributed by atoms with Gasteiger partial charge in [-0.2, -0.15) is 5.10 Å². The van der Waals surface area contributed by atoms with Crippen LogP contribution in [0.5, 0.6) is 11.5 Å². The SMILES string of the molecule is CCNC(=S)N/N=C\c1ccc(OCC(C)C)c(OCC)c1.